The van der Waals surface area contributed by atoms with Crippen molar-refractivity contribution in [2.45, 2.75) is 19.9 Å². The smallest absolute Gasteiger partial charge is 0.218 e. The quantitative estimate of drug-likeness (QED) is 0.939. The van der Waals surface area contributed by atoms with Crippen LogP contribution in [0.1, 0.15) is 22.9 Å². The number of nitrogens with one attached hydrogen (secondary N) is 1. The summed E-state index contributed by atoms with van der Waals surface area (Å²) in [6.45, 7) is 3.60. The third kappa shape index (κ3) is 2.97. The Morgan fingerprint density at radius 3 is 2.67 bits per heavy atom. The van der Waals surface area contributed by atoms with Gasteiger partial charge in [0, 0.05) is 12.7 Å². The predicted octanol–water partition coefficient (Wildman–Crippen LogP) is 2.86. The number of aromatic nitrogens is 2. The number of hydrogen-bond donors (Lipinski definition) is 1. The zero-order valence-corrected chi connectivity index (χ0v) is 12.4. The summed E-state index contributed by atoms with van der Waals surface area (Å²) in [5, 5.41) is 16.7. The largest absolute Gasteiger partial charge is 0.481 e. The summed E-state index contributed by atoms with van der Waals surface area (Å²) in [5.74, 6) is 0.170. The molecule has 0 saturated carbocycles. The van der Waals surface area contributed by atoms with Crippen LogP contribution in [0.25, 0.3) is 0 Å². The molecule has 0 fully saturated rings. The molecular formula is C15H17FN4O. The second-order valence-electron chi connectivity index (χ2n) is 4.86. The molecule has 6 heteroatoms. The van der Waals surface area contributed by atoms with Gasteiger partial charge in [0.15, 0.2) is 0 Å². The molecule has 0 aliphatic heterocycles. The minimum atomic E-state index is -0.671. The lowest BCUT2D eigenvalue weighted by atomic mass is 10.1. The Morgan fingerprint density at radius 1 is 1.38 bits per heavy atom. The van der Waals surface area contributed by atoms with Gasteiger partial charge in [-0.25, -0.2) is 9.07 Å². The second kappa shape index (κ2) is 5.83. The molecule has 0 aliphatic rings. The van der Waals surface area contributed by atoms with E-state index in [1.807, 2.05) is 0 Å². The van der Waals surface area contributed by atoms with Gasteiger partial charge in [-0.1, -0.05) is 0 Å². The lowest BCUT2D eigenvalue weighted by molar-refractivity contribution is 0.369. The molecule has 5 nitrogen and oxygen atoms in total. The van der Waals surface area contributed by atoms with E-state index in [-0.39, 0.29) is 5.82 Å². The molecule has 0 bridgehead atoms. The first kappa shape index (κ1) is 14.9. The number of aryl methyl sites for hydroxylation is 3. The minimum Gasteiger partial charge on any atom is -0.481 e. The monoisotopic (exact) mass is 288 g/mol. The van der Waals surface area contributed by atoms with Crippen molar-refractivity contribution in [1.82, 2.24) is 9.78 Å². The van der Waals surface area contributed by atoms with Crippen LogP contribution in [0.5, 0.6) is 5.88 Å². The summed E-state index contributed by atoms with van der Waals surface area (Å²) >= 11 is 0. The van der Waals surface area contributed by atoms with Crippen LogP contribution >= 0.6 is 0 Å². The molecular weight excluding hydrogens is 271 g/mol. The fourth-order valence-electron chi connectivity index (χ4n) is 2.38. The summed E-state index contributed by atoms with van der Waals surface area (Å²) in [4.78, 5) is 0. The van der Waals surface area contributed by atoms with Crippen LogP contribution in [-0.4, -0.2) is 16.9 Å². The van der Waals surface area contributed by atoms with Crippen molar-refractivity contribution in [3.8, 4) is 11.9 Å². The number of ether oxygens (including phenoxy) is 1. The summed E-state index contributed by atoms with van der Waals surface area (Å²) in [6, 6.07) is 6.07. The Bertz CT molecular complexity index is 682. The van der Waals surface area contributed by atoms with Crippen LogP contribution in [0.2, 0.25) is 0 Å². The molecule has 0 saturated heterocycles. The van der Waals surface area contributed by atoms with Crippen LogP contribution < -0.4 is 10.1 Å². The molecule has 0 radical (unpaired) electrons. The van der Waals surface area contributed by atoms with Crippen molar-refractivity contribution >= 4 is 5.69 Å². The van der Waals surface area contributed by atoms with Gasteiger partial charge in [0.25, 0.3) is 0 Å². The molecule has 21 heavy (non-hydrogen) atoms. The number of nitrogens with zero attached hydrogens (tertiary/aromatic N) is 3. The van der Waals surface area contributed by atoms with Crippen LogP contribution in [0.15, 0.2) is 18.2 Å². The lowest BCUT2D eigenvalue weighted by Gasteiger charge is -2.15. The first-order chi connectivity index (χ1) is 9.96. The topological polar surface area (TPSA) is 62.9 Å². The molecule has 0 spiro atoms. The van der Waals surface area contributed by atoms with E-state index in [0.29, 0.717) is 22.8 Å². The van der Waals surface area contributed by atoms with E-state index in [1.54, 1.807) is 31.6 Å². The number of hydrogen-bond acceptors (Lipinski definition) is 4. The molecule has 1 atom stereocenters. The minimum absolute atomic E-state index is 0.343. The lowest BCUT2D eigenvalue weighted by Crippen LogP contribution is -2.11. The number of rotatable bonds is 4. The van der Waals surface area contributed by atoms with E-state index in [9.17, 15) is 9.65 Å². The van der Waals surface area contributed by atoms with Crippen LogP contribution in [0.3, 0.4) is 0 Å². The molecule has 1 aromatic carbocycles. The average Bonchev–Trinajstić information content (AvgIpc) is 2.69. The Labute approximate surface area is 123 Å². The van der Waals surface area contributed by atoms with E-state index in [4.69, 9.17) is 4.74 Å². The summed E-state index contributed by atoms with van der Waals surface area (Å²) in [7, 11) is 3.27. The van der Waals surface area contributed by atoms with Gasteiger partial charge in [-0.15, -0.1) is 0 Å². The number of nitriles is 1. The zero-order valence-electron chi connectivity index (χ0n) is 12.4. The van der Waals surface area contributed by atoms with Crippen molar-refractivity contribution in [2.75, 3.05) is 12.4 Å². The zero-order chi connectivity index (χ0) is 15.6. The van der Waals surface area contributed by atoms with Crippen molar-refractivity contribution < 1.29 is 9.13 Å². The van der Waals surface area contributed by atoms with Crippen LogP contribution in [0, 0.1) is 31.0 Å². The van der Waals surface area contributed by atoms with Gasteiger partial charge in [0.05, 0.1) is 24.4 Å². The third-order valence-electron chi connectivity index (χ3n) is 3.18. The first-order valence-electron chi connectivity index (χ1n) is 6.47. The van der Waals surface area contributed by atoms with Gasteiger partial charge >= 0.3 is 0 Å². The highest BCUT2D eigenvalue weighted by Crippen LogP contribution is 2.30. The van der Waals surface area contributed by atoms with Crippen molar-refractivity contribution in [2.24, 2.45) is 7.05 Å². The molecule has 1 N–H and O–H groups in total. The first-order valence-corrected chi connectivity index (χ1v) is 6.47. The Morgan fingerprint density at radius 2 is 2.10 bits per heavy atom. The molecule has 0 amide bonds. The van der Waals surface area contributed by atoms with Crippen LogP contribution in [0.4, 0.5) is 10.1 Å². The maximum atomic E-state index is 13.4. The highest BCUT2D eigenvalue weighted by atomic mass is 19.1. The second-order valence-corrected chi connectivity index (χ2v) is 4.86. The number of halogens is 1. The molecule has 1 unspecified atom stereocenters. The van der Waals surface area contributed by atoms with Crippen LogP contribution in [-0.2, 0) is 7.05 Å². The molecule has 1 heterocycles. The molecule has 2 aromatic rings. The van der Waals surface area contributed by atoms with Gasteiger partial charge in [0.1, 0.15) is 11.9 Å². The van der Waals surface area contributed by atoms with Crippen molar-refractivity contribution in [3.63, 3.8) is 0 Å². The van der Waals surface area contributed by atoms with E-state index >= 15 is 0 Å². The Hall–Kier alpha value is -2.55. The standard InChI is InChI=1S/C15H17FN4O/c1-9-5-11(16)7-12(6-9)18-13(8-17)14-10(2)19-20(3)15(14)21-4/h5-7,13,18H,1-4H3. The highest BCUT2D eigenvalue weighted by molar-refractivity contribution is 5.51. The summed E-state index contributed by atoms with van der Waals surface area (Å²) in [5.41, 5.74) is 2.68. The Kier molecular flexibility index (Phi) is 4.13. The van der Waals surface area contributed by atoms with E-state index in [2.05, 4.69) is 16.5 Å². The van der Waals surface area contributed by atoms with E-state index in [0.717, 1.165) is 5.56 Å². The number of methoxy groups -OCH3 is 1. The van der Waals surface area contributed by atoms with Gasteiger partial charge < -0.3 is 10.1 Å². The number of anilines is 1. The number of benzene rings is 1. The van der Waals surface area contributed by atoms with Gasteiger partial charge in [-0.2, -0.15) is 10.4 Å². The van der Waals surface area contributed by atoms with E-state index in [1.165, 1.54) is 19.2 Å². The fraction of sp³-hybridized carbons (Fsp3) is 0.333. The van der Waals surface area contributed by atoms with Gasteiger partial charge in [-0.05, 0) is 37.6 Å². The molecule has 1 aromatic heterocycles. The SMILES string of the molecule is COc1c(C(C#N)Nc2cc(C)cc(F)c2)c(C)nn1C. The maximum absolute atomic E-state index is 13.4. The maximum Gasteiger partial charge on any atom is 0.218 e. The molecule has 2 rings (SSSR count). The van der Waals surface area contributed by atoms with Crippen molar-refractivity contribution in [1.29, 1.82) is 5.26 Å². The highest BCUT2D eigenvalue weighted by Gasteiger charge is 2.23. The molecule has 110 valence electrons. The van der Waals surface area contributed by atoms with Gasteiger partial charge in [-0.3, -0.25) is 0 Å². The fourth-order valence-corrected chi connectivity index (χ4v) is 2.38. The Balaban J connectivity index is 2.39. The normalized spacial score (nSPS) is 11.8. The van der Waals surface area contributed by atoms with E-state index < -0.39 is 6.04 Å². The molecule has 0 aliphatic carbocycles. The predicted molar refractivity (Wildman–Crippen MR) is 77.6 cm³/mol. The average molecular weight is 288 g/mol. The summed E-state index contributed by atoms with van der Waals surface area (Å²) in [6.07, 6.45) is 0. The summed E-state index contributed by atoms with van der Waals surface area (Å²) < 4.78 is 20.3. The van der Waals surface area contributed by atoms with Gasteiger partial charge in [0.2, 0.25) is 5.88 Å². The van der Waals surface area contributed by atoms with Crippen molar-refractivity contribution in [3.05, 3.63) is 40.8 Å². The third-order valence-corrected chi connectivity index (χ3v) is 3.18.